The summed E-state index contributed by atoms with van der Waals surface area (Å²) in [6, 6.07) is 6.73. The van der Waals surface area contributed by atoms with Crippen molar-refractivity contribution in [3.05, 3.63) is 41.2 Å². The van der Waals surface area contributed by atoms with Crippen LogP contribution < -0.4 is 5.32 Å². The van der Waals surface area contributed by atoms with Gasteiger partial charge in [-0.3, -0.25) is 14.4 Å². The largest absolute Gasteiger partial charge is 0.481 e. The molecule has 13 heteroatoms. The van der Waals surface area contributed by atoms with Crippen molar-refractivity contribution in [2.24, 2.45) is 5.92 Å². The number of fused-ring (bicyclic) bond motifs is 3. The van der Waals surface area contributed by atoms with E-state index in [-0.39, 0.29) is 17.8 Å². The van der Waals surface area contributed by atoms with Gasteiger partial charge in [0.25, 0.3) is 5.91 Å². The second-order valence-electron chi connectivity index (χ2n) is 8.71. The van der Waals surface area contributed by atoms with E-state index >= 15 is 0 Å². The van der Waals surface area contributed by atoms with E-state index in [9.17, 15) is 23.6 Å². The van der Waals surface area contributed by atoms with Gasteiger partial charge in [0.15, 0.2) is 5.60 Å². The molecule has 2 aromatic rings. The first-order chi connectivity index (χ1) is 17.0. The van der Waals surface area contributed by atoms with Crippen LogP contribution in [0.2, 0.25) is 0 Å². The summed E-state index contributed by atoms with van der Waals surface area (Å²) >= 11 is 1.24. The van der Waals surface area contributed by atoms with Crippen LogP contribution in [0.25, 0.3) is 10.6 Å². The molecular weight excluding hydrogens is 497 g/mol. The molecule has 0 saturated carbocycles. The number of aliphatic carboxylic acids is 3. The van der Waals surface area contributed by atoms with Crippen molar-refractivity contribution < 1.29 is 44.0 Å². The molecule has 1 atom stereocenters. The van der Waals surface area contributed by atoms with E-state index in [1.807, 2.05) is 0 Å². The Kier molecular flexibility index (Phi) is 8.71. The number of halogens is 1. The Hall–Kier alpha value is -3.42. The summed E-state index contributed by atoms with van der Waals surface area (Å²) in [5.41, 5.74) is -2.29. The van der Waals surface area contributed by atoms with Gasteiger partial charge in [-0.25, -0.2) is 14.2 Å². The molecule has 5 N–H and O–H groups in total. The van der Waals surface area contributed by atoms with Crippen molar-refractivity contribution in [1.82, 2.24) is 15.2 Å². The number of nitrogens with zero attached hydrogens (tertiary/aromatic N) is 2. The number of rotatable bonds is 8. The number of aliphatic hydroxyl groups is 1. The van der Waals surface area contributed by atoms with Crippen molar-refractivity contribution in [3.8, 4) is 10.6 Å². The highest BCUT2D eigenvalue weighted by Crippen LogP contribution is 2.30. The first-order valence-corrected chi connectivity index (χ1v) is 11.9. The third-order valence-corrected chi connectivity index (χ3v) is 7.12. The number of benzene rings is 1. The molecule has 1 aromatic heterocycles. The lowest BCUT2D eigenvalue weighted by Crippen LogP contribution is -2.57. The number of hydrogen-bond acceptors (Lipinski definition) is 8. The van der Waals surface area contributed by atoms with Crippen molar-refractivity contribution in [2.75, 3.05) is 19.6 Å². The number of amides is 1. The number of hydrogen-bond donors (Lipinski definition) is 5. The van der Waals surface area contributed by atoms with Gasteiger partial charge in [0.05, 0.1) is 19.0 Å². The molecule has 3 aliphatic rings. The van der Waals surface area contributed by atoms with E-state index in [4.69, 9.17) is 20.4 Å². The molecule has 4 heterocycles. The van der Waals surface area contributed by atoms with Crippen LogP contribution in [0, 0.1) is 11.7 Å². The highest BCUT2D eigenvalue weighted by atomic mass is 32.1. The smallest absolute Gasteiger partial charge is 0.336 e. The van der Waals surface area contributed by atoms with Crippen LogP contribution in [0.5, 0.6) is 0 Å². The quantitative estimate of drug-likeness (QED) is 0.341. The van der Waals surface area contributed by atoms with Crippen LogP contribution in [0.3, 0.4) is 0 Å². The van der Waals surface area contributed by atoms with Crippen molar-refractivity contribution >= 4 is 35.2 Å². The van der Waals surface area contributed by atoms with Crippen LogP contribution in [0.15, 0.2) is 30.5 Å². The molecule has 1 aromatic carbocycles. The Morgan fingerprint density at radius 3 is 2.19 bits per heavy atom. The fourth-order valence-corrected chi connectivity index (χ4v) is 5.07. The molecule has 36 heavy (non-hydrogen) atoms. The molecule has 0 radical (unpaired) electrons. The monoisotopic (exact) mass is 523 g/mol. The predicted octanol–water partition coefficient (Wildman–Crippen LogP) is 1.52. The molecule has 5 rings (SSSR count). The van der Waals surface area contributed by atoms with E-state index in [0.29, 0.717) is 21.4 Å². The second kappa shape index (κ2) is 11.5. The third-order valence-electron chi connectivity index (χ3n) is 6.09. The average molecular weight is 524 g/mol. The van der Waals surface area contributed by atoms with E-state index in [1.165, 1.54) is 17.4 Å². The van der Waals surface area contributed by atoms with Gasteiger partial charge in [-0.15, -0.1) is 11.3 Å². The van der Waals surface area contributed by atoms with E-state index in [1.54, 1.807) is 24.4 Å². The molecule has 2 bridgehead atoms. The lowest BCUT2D eigenvalue weighted by molar-refractivity contribution is -0.170. The highest BCUT2D eigenvalue weighted by molar-refractivity contribution is 7.16. The summed E-state index contributed by atoms with van der Waals surface area (Å²) in [5, 5.41) is 37.5. The topological polar surface area (TPSA) is 177 Å². The Labute approximate surface area is 209 Å². The van der Waals surface area contributed by atoms with Crippen LogP contribution in [0.1, 0.15) is 35.4 Å². The number of carboxylic acid groups (broad SMARTS) is 3. The Morgan fingerprint density at radius 1 is 1.08 bits per heavy atom. The molecular formula is C23H26FN3O8S. The van der Waals surface area contributed by atoms with Crippen LogP contribution in [0.4, 0.5) is 4.39 Å². The number of nitrogens with one attached hydrogen (secondary N) is 1. The summed E-state index contributed by atoms with van der Waals surface area (Å²) in [6.45, 7) is 3.24. The number of carbonyl (C=O) groups is 4. The van der Waals surface area contributed by atoms with Gasteiger partial charge in [0, 0.05) is 18.2 Å². The average Bonchev–Trinajstić information content (AvgIpc) is 3.30. The minimum Gasteiger partial charge on any atom is -0.481 e. The molecule has 1 amide bonds. The fourth-order valence-electron chi connectivity index (χ4n) is 4.22. The molecule has 0 spiro atoms. The van der Waals surface area contributed by atoms with Gasteiger partial charge < -0.3 is 30.6 Å². The summed E-state index contributed by atoms with van der Waals surface area (Å²) < 4.78 is 13.8. The SMILES string of the molecule is O=C(N[C@H]1CN2CCC1CC2)c1cnc(-c2ccccc2F)s1.O=C(O)CC(O)(CC(=O)O)C(=O)O. The van der Waals surface area contributed by atoms with Gasteiger partial charge in [0.1, 0.15) is 15.7 Å². The molecule has 0 aliphatic carbocycles. The maximum atomic E-state index is 13.8. The molecule has 11 nitrogen and oxygen atoms in total. The van der Waals surface area contributed by atoms with Crippen molar-refractivity contribution in [3.63, 3.8) is 0 Å². The third kappa shape index (κ3) is 6.83. The zero-order valence-corrected chi connectivity index (χ0v) is 19.9. The van der Waals surface area contributed by atoms with Crippen molar-refractivity contribution in [1.29, 1.82) is 0 Å². The standard InChI is InChI=1S/C17H18FN3OS.C6H8O7/c18-13-4-2-1-3-12(13)17-19-9-15(23-17)16(22)20-14-10-21-7-5-11(14)6-8-21;7-3(8)1-6(13,5(11)12)2-4(9)10/h1-4,9,11,14H,5-8,10H2,(H,20,22);13H,1-2H2,(H,7,8)(H,9,10)(H,11,12)/t14-;/m0./s1. The molecule has 0 unspecified atom stereocenters. The van der Waals surface area contributed by atoms with Gasteiger partial charge in [0.2, 0.25) is 0 Å². The summed E-state index contributed by atoms with van der Waals surface area (Å²) in [7, 11) is 0. The van der Waals surface area contributed by atoms with Gasteiger partial charge in [-0.2, -0.15) is 0 Å². The van der Waals surface area contributed by atoms with Crippen LogP contribution in [-0.4, -0.2) is 85.4 Å². The number of aromatic nitrogens is 1. The lowest BCUT2D eigenvalue weighted by atomic mass is 9.84. The van der Waals surface area contributed by atoms with E-state index < -0.39 is 36.4 Å². The first-order valence-electron chi connectivity index (χ1n) is 11.1. The van der Waals surface area contributed by atoms with Gasteiger partial charge in [-0.1, -0.05) is 12.1 Å². The lowest BCUT2D eigenvalue weighted by Gasteiger charge is -2.44. The van der Waals surface area contributed by atoms with Crippen LogP contribution >= 0.6 is 11.3 Å². The Bertz CT molecular complexity index is 1120. The van der Waals surface area contributed by atoms with E-state index in [2.05, 4.69) is 15.2 Å². The minimum absolute atomic E-state index is 0.0937. The minimum atomic E-state index is -2.74. The number of piperidine rings is 3. The van der Waals surface area contributed by atoms with Gasteiger partial charge >= 0.3 is 17.9 Å². The maximum Gasteiger partial charge on any atom is 0.336 e. The molecule has 3 aliphatic heterocycles. The number of carbonyl (C=O) groups excluding carboxylic acids is 1. The fraction of sp³-hybridized carbons (Fsp3) is 0.435. The summed E-state index contributed by atoms with van der Waals surface area (Å²) in [5.74, 6) is -4.84. The zero-order valence-electron chi connectivity index (χ0n) is 19.1. The zero-order chi connectivity index (χ0) is 26.5. The first kappa shape index (κ1) is 27.2. The molecule has 3 fully saturated rings. The van der Waals surface area contributed by atoms with Crippen molar-refractivity contribution in [2.45, 2.75) is 37.3 Å². The molecule has 194 valence electrons. The normalized spacial score (nSPS) is 20.7. The molecule has 3 saturated heterocycles. The number of carboxylic acids is 3. The van der Waals surface area contributed by atoms with Gasteiger partial charge in [-0.05, 0) is 44.0 Å². The summed E-state index contributed by atoms with van der Waals surface area (Å²) in [6.07, 6.45) is 1.58. The van der Waals surface area contributed by atoms with Crippen LogP contribution in [-0.2, 0) is 14.4 Å². The maximum absolute atomic E-state index is 13.8. The predicted molar refractivity (Wildman–Crippen MR) is 125 cm³/mol. The Morgan fingerprint density at radius 2 is 1.69 bits per heavy atom. The second-order valence-corrected chi connectivity index (χ2v) is 9.74. The highest BCUT2D eigenvalue weighted by Gasteiger charge is 2.40. The number of thiazole rings is 1. The van der Waals surface area contributed by atoms with E-state index in [0.717, 1.165) is 32.5 Å². The summed E-state index contributed by atoms with van der Waals surface area (Å²) in [4.78, 5) is 50.1. The Balaban J connectivity index is 0.000000240.